The normalized spacial score (nSPS) is 11.1. The van der Waals surface area contributed by atoms with Crippen molar-refractivity contribution >= 4 is 12.2 Å². The number of imidazole rings is 1. The summed E-state index contributed by atoms with van der Waals surface area (Å²) in [5, 5.41) is 0.692. The molecule has 0 spiro atoms. The number of terminal acetylenes is 1. The Morgan fingerprint density at radius 2 is 1.62 bits per heavy atom. The van der Waals surface area contributed by atoms with Crippen molar-refractivity contribution in [2.75, 3.05) is 13.9 Å². The van der Waals surface area contributed by atoms with Gasteiger partial charge >= 0.3 is 0 Å². The molecule has 1 aromatic carbocycles. The largest absolute Gasteiger partial charge is 0.449 e. The van der Waals surface area contributed by atoms with Crippen molar-refractivity contribution in [3.63, 3.8) is 0 Å². The molecule has 0 saturated carbocycles. The van der Waals surface area contributed by atoms with Gasteiger partial charge in [0.2, 0.25) is 5.88 Å². The Labute approximate surface area is 222 Å². The SMILES string of the molecule is C#CC.CCC.CCC.COCOc1n/c(=C\c2ccccc2)c(=O)[nH]/c1=C\c1nc[nH]c1C(C)(C)C. The second-order valence-electron chi connectivity index (χ2n) is 9.04. The van der Waals surface area contributed by atoms with Crippen LogP contribution in [0.4, 0.5) is 0 Å². The van der Waals surface area contributed by atoms with E-state index in [1.165, 1.54) is 20.0 Å². The van der Waals surface area contributed by atoms with Gasteiger partial charge in [-0.3, -0.25) is 4.79 Å². The maximum absolute atomic E-state index is 12.6. The van der Waals surface area contributed by atoms with E-state index in [2.05, 4.69) is 80.7 Å². The van der Waals surface area contributed by atoms with Gasteiger partial charge in [0.05, 0.1) is 12.0 Å². The summed E-state index contributed by atoms with van der Waals surface area (Å²) in [6.45, 7) is 16.4. The summed E-state index contributed by atoms with van der Waals surface area (Å²) in [6, 6.07) is 9.51. The van der Waals surface area contributed by atoms with Crippen LogP contribution < -0.4 is 21.0 Å². The van der Waals surface area contributed by atoms with E-state index in [9.17, 15) is 4.79 Å². The Bertz CT molecular complexity index is 1230. The molecule has 2 aromatic heterocycles. The van der Waals surface area contributed by atoms with Crippen LogP contribution in [-0.2, 0) is 10.2 Å². The molecule has 3 rings (SSSR count). The first-order valence-electron chi connectivity index (χ1n) is 12.5. The summed E-state index contributed by atoms with van der Waals surface area (Å²) >= 11 is 0. The number of nitrogens with one attached hydrogen (secondary N) is 2. The van der Waals surface area contributed by atoms with E-state index in [1.807, 2.05) is 30.3 Å². The third kappa shape index (κ3) is 12.8. The van der Waals surface area contributed by atoms with E-state index < -0.39 is 0 Å². The van der Waals surface area contributed by atoms with Gasteiger partial charge in [-0.2, -0.15) is 0 Å². The molecular formula is C30H44N4O3. The molecule has 0 saturated heterocycles. The molecule has 7 nitrogen and oxygen atoms in total. The van der Waals surface area contributed by atoms with Crippen LogP contribution >= 0.6 is 0 Å². The van der Waals surface area contributed by atoms with Crippen molar-refractivity contribution < 1.29 is 9.47 Å². The third-order valence-electron chi connectivity index (χ3n) is 4.05. The quantitative estimate of drug-likeness (QED) is 0.378. The molecule has 2 N–H and O–H groups in total. The molecule has 0 amide bonds. The highest BCUT2D eigenvalue weighted by atomic mass is 16.7. The molecule has 2 heterocycles. The number of rotatable bonds is 5. The van der Waals surface area contributed by atoms with Gasteiger partial charge in [-0.1, -0.05) is 91.6 Å². The molecule has 0 aliphatic carbocycles. The predicted molar refractivity (Wildman–Crippen MR) is 154 cm³/mol. The predicted octanol–water partition coefficient (Wildman–Crippen LogP) is 4.90. The van der Waals surface area contributed by atoms with Crippen molar-refractivity contribution in [3.05, 3.63) is 74.7 Å². The summed E-state index contributed by atoms with van der Waals surface area (Å²) in [5.74, 6) is 2.52. The molecule has 202 valence electrons. The van der Waals surface area contributed by atoms with Gasteiger partial charge in [-0.15, -0.1) is 12.3 Å². The van der Waals surface area contributed by atoms with E-state index in [4.69, 9.17) is 9.47 Å². The lowest BCUT2D eigenvalue weighted by Crippen LogP contribution is -2.38. The highest BCUT2D eigenvalue weighted by Gasteiger charge is 2.19. The molecule has 0 radical (unpaired) electrons. The van der Waals surface area contributed by atoms with E-state index in [-0.39, 0.29) is 29.0 Å². The number of methoxy groups -OCH3 is 1. The number of nitrogens with zero attached hydrogens (tertiary/aromatic N) is 2. The highest BCUT2D eigenvalue weighted by molar-refractivity contribution is 5.51. The standard InChI is InChI=1S/C21H24N4O3.2C3H8.C3H4/c1-21(2,3)18-15(22-12-23-18)11-17-20(28-13-27-4)25-16(19(26)24-17)10-14-8-6-5-7-9-14;3*1-3-2/h5-12H,13H2,1-4H3,(H,22,23)(H,24,26);2*3H2,1-2H3;1H,2H3/b16-10-,17-11-;;;. The van der Waals surface area contributed by atoms with Crippen molar-refractivity contribution in [2.24, 2.45) is 0 Å². The number of ether oxygens (including phenoxy) is 2. The number of benzene rings is 1. The molecule has 3 aromatic rings. The minimum atomic E-state index is -0.312. The minimum Gasteiger partial charge on any atom is -0.449 e. The van der Waals surface area contributed by atoms with Crippen LogP contribution in [0.15, 0.2) is 41.5 Å². The molecule has 0 atom stereocenters. The van der Waals surface area contributed by atoms with Crippen LogP contribution in [-0.4, -0.2) is 33.8 Å². The Morgan fingerprint density at radius 1 is 1.05 bits per heavy atom. The number of aromatic nitrogens is 4. The van der Waals surface area contributed by atoms with Crippen LogP contribution in [0.25, 0.3) is 12.2 Å². The number of aromatic amines is 2. The molecule has 0 unspecified atom stereocenters. The molecule has 0 bridgehead atoms. The summed E-state index contributed by atoms with van der Waals surface area (Å²) in [5.41, 5.74) is 2.09. The van der Waals surface area contributed by atoms with Crippen LogP contribution in [0.3, 0.4) is 0 Å². The minimum absolute atomic E-state index is 0.0113. The zero-order valence-corrected chi connectivity index (χ0v) is 23.9. The molecule has 7 heteroatoms. The Kier molecular flexibility index (Phi) is 16.8. The van der Waals surface area contributed by atoms with Gasteiger partial charge in [0.25, 0.3) is 5.56 Å². The Morgan fingerprint density at radius 3 is 2.14 bits per heavy atom. The van der Waals surface area contributed by atoms with Crippen molar-refractivity contribution in [1.82, 2.24) is 19.9 Å². The van der Waals surface area contributed by atoms with Gasteiger partial charge in [-0.25, -0.2) is 9.97 Å². The fraction of sp³-hybridized carbons (Fsp3) is 0.433. The fourth-order valence-corrected chi connectivity index (χ4v) is 2.74. The van der Waals surface area contributed by atoms with E-state index in [1.54, 1.807) is 25.4 Å². The molecule has 0 aliphatic rings. The number of hydrogen-bond acceptors (Lipinski definition) is 5. The molecule has 0 aliphatic heterocycles. The average Bonchev–Trinajstić information content (AvgIpc) is 3.31. The van der Waals surface area contributed by atoms with Crippen molar-refractivity contribution in [1.29, 1.82) is 0 Å². The summed E-state index contributed by atoms with van der Waals surface area (Å²) in [6.07, 6.45) is 12.2. The summed E-state index contributed by atoms with van der Waals surface area (Å²) in [7, 11) is 1.53. The lowest BCUT2D eigenvalue weighted by molar-refractivity contribution is 0.0465. The van der Waals surface area contributed by atoms with Crippen molar-refractivity contribution in [2.45, 2.75) is 73.6 Å². The zero-order chi connectivity index (χ0) is 28.3. The first-order chi connectivity index (χ1) is 17.6. The summed E-state index contributed by atoms with van der Waals surface area (Å²) < 4.78 is 10.6. The van der Waals surface area contributed by atoms with Gasteiger partial charge < -0.3 is 19.4 Å². The van der Waals surface area contributed by atoms with Gasteiger partial charge in [0.15, 0.2) is 6.79 Å². The van der Waals surface area contributed by atoms with Gasteiger partial charge in [-0.05, 0) is 24.6 Å². The van der Waals surface area contributed by atoms with E-state index in [0.29, 0.717) is 11.0 Å². The molecule has 0 fully saturated rings. The van der Waals surface area contributed by atoms with Crippen LogP contribution in [0.2, 0.25) is 0 Å². The zero-order valence-electron chi connectivity index (χ0n) is 23.9. The van der Waals surface area contributed by atoms with Crippen LogP contribution in [0, 0.1) is 12.3 Å². The smallest absolute Gasteiger partial charge is 0.274 e. The number of hydrogen-bond donors (Lipinski definition) is 2. The maximum atomic E-state index is 12.6. The van der Waals surface area contributed by atoms with Gasteiger partial charge in [0, 0.05) is 18.2 Å². The lowest BCUT2D eigenvalue weighted by Gasteiger charge is -2.17. The average molecular weight is 509 g/mol. The Hall–Kier alpha value is -3.63. The second kappa shape index (κ2) is 18.6. The van der Waals surface area contributed by atoms with Crippen LogP contribution in [0.5, 0.6) is 5.88 Å². The monoisotopic (exact) mass is 508 g/mol. The van der Waals surface area contributed by atoms with Crippen LogP contribution in [0.1, 0.15) is 85.2 Å². The lowest BCUT2D eigenvalue weighted by atomic mass is 9.90. The van der Waals surface area contributed by atoms with E-state index >= 15 is 0 Å². The first-order valence-corrected chi connectivity index (χ1v) is 12.5. The van der Waals surface area contributed by atoms with Crippen molar-refractivity contribution in [3.8, 4) is 18.2 Å². The van der Waals surface area contributed by atoms with Gasteiger partial charge in [0.1, 0.15) is 10.7 Å². The Balaban J connectivity index is 0.00000126. The number of H-pyrrole nitrogens is 2. The topological polar surface area (TPSA) is 92.9 Å². The maximum Gasteiger partial charge on any atom is 0.274 e. The fourth-order valence-electron chi connectivity index (χ4n) is 2.74. The second-order valence-corrected chi connectivity index (χ2v) is 9.04. The summed E-state index contributed by atoms with van der Waals surface area (Å²) in [4.78, 5) is 27.4. The molecular weight excluding hydrogens is 464 g/mol. The first kappa shape index (κ1) is 33.4. The molecule has 37 heavy (non-hydrogen) atoms. The van der Waals surface area contributed by atoms with E-state index in [0.717, 1.165) is 11.3 Å². The third-order valence-corrected chi connectivity index (χ3v) is 4.05. The highest BCUT2D eigenvalue weighted by Crippen LogP contribution is 2.23.